The van der Waals surface area contributed by atoms with Crippen molar-refractivity contribution >= 4 is 40.1 Å². The lowest BCUT2D eigenvalue weighted by Gasteiger charge is -2.03. The number of rotatable bonds is 7. The minimum absolute atomic E-state index is 0.161. The van der Waals surface area contributed by atoms with Gasteiger partial charge in [0.2, 0.25) is 0 Å². The van der Waals surface area contributed by atoms with Gasteiger partial charge in [-0.2, -0.15) is 9.78 Å². The molecule has 156 valence electrons. The van der Waals surface area contributed by atoms with E-state index in [0.717, 1.165) is 11.3 Å². The standard InChI is InChI=1S/C23H22N6O2/c1-3-13-25-23(30)19-20-22(28-18-8-6-5-7-17(18)27-20)29(21(19)24)26-14-15-9-11-16(12-10-15)31-4-2/h3,5-12,14H,1,4,13,24H2,2H3,(H,25,30)/b26-14-. The fourth-order valence-electron chi connectivity index (χ4n) is 3.18. The molecule has 0 aliphatic rings. The molecule has 0 saturated carbocycles. The second-order valence-electron chi connectivity index (χ2n) is 6.70. The number of anilines is 1. The van der Waals surface area contributed by atoms with E-state index in [1.54, 1.807) is 12.3 Å². The average Bonchev–Trinajstić information content (AvgIpc) is 3.05. The topological polar surface area (TPSA) is 107 Å². The van der Waals surface area contributed by atoms with Crippen LogP contribution in [0.5, 0.6) is 5.75 Å². The van der Waals surface area contributed by atoms with E-state index >= 15 is 0 Å². The third-order valence-corrected chi connectivity index (χ3v) is 4.62. The van der Waals surface area contributed by atoms with E-state index in [9.17, 15) is 4.79 Å². The Kier molecular flexibility index (Phi) is 5.61. The maximum atomic E-state index is 12.8. The van der Waals surface area contributed by atoms with Crippen LogP contribution in [0.2, 0.25) is 0 Å². The molecule has 0 spiro atoms. The highest BCUT2D eigenvalue weighted by atomic mass is 16.5. The Hall–Kier alpha value is -4.20. The molecule has 8 nitrogen and oxygen atoms in total. The van der Waals surface area contributed by atoms with Gasteiger partial charge in [-0.05, 0) is 48.9 Å². The van der Waals surface area contributed by atoms with Crippen molar-refractivity contribution in [2.24, 2.45) is 5.10 Å². The van der Waals surface area contributed by atoms with Crippen molar-refractivity contribution in [2.75, 3.05) is 18.9 Å². The van der Waals surface area contributed by atoms with Gasteiger partial charge in [0.05, 0.1) is 23.9 Å². The summed E-state index contributed by atoms with van der Waals surface area (Å²) in [6.45, 7) is 6.47. The summed E-state index contributed by atoms with van der Waals surface area (Å²) in [6, 6.07) is 14.9. The first-order chi connectivity index (χ1) is 15.1. The largest absolute Gasteiger partial charge is 0.494 e. The van der Waals surface area contributed by atoms with Crippen molar-refractivity contribution in [3.63, 3.8) is 0 Å². The molecule has 1 amide bonds. The van der Waals surface area contributed by atoms with Gasteiger partial charge in [0.25, 0.3) is 5.91 Å². The normalized spacial score (nSPS) is 11.3. The predicted molar refractivity (Wildman–Crippen MR) is 123 cm³/mol. The van der Waals surface area contributed by atoms with Crippen LogP contribution in [0.15, 0.2) is 66.3 Å². The average molecular weight is 414 g/mol. The van der Waals surface area contributed by atoms with Gasteiger partial charge >= 0.3 is 0 Å². The van der Waals surface area contributed by atoms with Crippen molar-refractivity contribution in [2.45, 2.75) is 6.92 Å². The number of ether oxygens (including phenoxy) is 1. The highest BCUT2D eigenvalue weighted by Gasteiger charge is 2.23. The monoisotopic (exact) mass is 414 g/mol. The van der Waals surface area contributed by atoms with Gasteiger partial charge < -0.3 is 15.8 Å². The minimum Gasteiger partial charge on any atom is -0.494 e. The van der Waals surface area contributed by atoms with Crippen LogP contribution in [-0.4, -0.2) is 39.9 Å². The molecule has 4 aromatic rings. The number of carbonyl (C=O) groups is 1. The lowest BCUT2D eigenvalue weighted by molar-refractivity contribution is 0.0960. The number of carbonyl (C=O) groups excluding carboxylic acids is 1. The molecule has 0 aliphatic carbocycles. The van der Waals surface area contributed by atoms with E-state index in [0.29, 0.717) is 35.3 Å². The summed E-state index contributed by atoms with van der Waals surface area (Å²) in [5.41, 5.74) is 9.57. The molecule has 0 bridgehead atoms. The van der Waals surface area contributed by atoms with Gasteiger partial charge in [-0.3, -0.25) is 4.79 Å². The number of hydrogen-bond acceptors (Lipinski definition) is 6. The lowest BCUT2D eigenvalue weighted by atomic mass is 10.2. The number of para-hydroxylation sites is 2. The van der Waals surface area contributed by atoms with Crippen LogP contribution < -0.4 is 15.8 Å². The van der Waals surface area contributed by atoms with Crippen molar-refractivity contribution < 1.29 is 9.53 Å². The first-order valence-corrected chi connectivity index (χ1v) is 9.85. The third kappa shape index (κ3) is 3.95. The molecule has 2 heterocycles. The Balaban J connectivity index is 1.83. The fourth-order valence-corrected chi connectivity index (χ4v) is 3.18. The molecule has 0 radical (unpaired) electrons. The number of nitrogens with zero attached hydrogens (tertiary/aromatic N) is 4. The number of benzene rings is 2. The molecule has 0 aliphatic heterocycles. The Morgan fingerprint density at radius 1 is 1.19 bits per heavy atom. The maximum absolute atomic E-state index is 12.8. The zero-order valence-electron chi connectivity index (χ0n) is 17.1. The summed E-state index contributed by atoms with van der Waals surface area (Å²) >= 11 is 0. The number of aromatic nitrogens is 3. The zero-order chi connectivity index (χ0) is 21.8. The van der Waals surface area contributed by atoms with Crippen LogP contribution in [0, 0.1) is 0 Å². The van der Waals surface area contributed by atoms with Gasteiger partial charge in [-0.15, -0.1) is 6.58 Å². The molecule has 0 unspecified atom stereocenters. The highest BCUT2D eigenvalue weighted by molar-refractivity contribution is 6.10. The van der Waals surface area contributed by atoms with E-state index < -0.39 is 0 Å². The van der Waals surface area contributed by atoms with E-state index in [1.165, 1.54) is 4.68 Å². The van der Waals surface area contributed by atoms with Crippen LogP contribution in [0.1, 0.15) is 22.8 Å². The molecule has 3 N–H and O–H groups in total. The predicted octanol–water partition coefficient (Wildman–Crippen LogP) is 3.36. The second-order valence-corrected chi connectivity index (χ2v) is 6.70. The summed E-state index contributed by atoms with van der Waals surface area (Å²) in [5.74, 6) is 0.583. The summed E-state index contributed by atoms with van der Waals surface area (Å²) in [5, 5.41) is 7.24. The van der Waals surface area contributed by atoms with E-state index in [-0.39, 0.29) is 17.3 Å². The van der Waals surface area contributed by atoms with E-state index in [1.807, 2.05) is 55.5 Å². The summed E-state index contributed by atoms with van der Waals surface area (Å²) in [6.07, 6.45) is 3.24. The second kappa shape index (κ2) is 8.66. The maximum Gasteiger partial charge on any atom is 0.257 e. The number of hydrogen-bond donors (Lipinski definition) is 2. The molecule has 0 fully saturated rings. The Morgan fingerprint density at radius 2 is 1.90 bits per heavy atom. The highest BCUT2D eigenvalue weighted by Crippen LogP contribution is 2.27. The smallest absolute Gasteiger partial charge is 0.257 e. The third-order valence-electron chi connectivity index (χ3n) is 4.62. The van der Waals surface area contributed by atoms with Gasteiger partial charge in [-0.1, -0.05) is 18.2 Å². The van der Waals surface area contributed by atoms with Gasteiger partial charge in [-0.25, -0.2) is 9.97 Å². The molecular formula is C23H22N6O2. The molecule has 0 saturated heterocycles. The van der Waals surface area contributed by atoms with Crippen molar-refractivity contribution in [1.82, 2.24) is 20.0 Å². The molecular weight excluding hydrogens is 392 g/mol. The van der Waals surface area contributed by atoms with Crippen LogP contribution >= 0.6 is 0 Å². The first kappa shape index (κ1) is 20.1. The van der Waals surface area contributed by atoms with Crippen LogP contribution in [0.25, 0.3) is 22.2 Å². The Morgan fingerprint density at radius 3 is 2.58 bits per heavy atom. The Bertz CT molecular complexity index is 1290. The number of nitrogens with one attached hydrogen (secondary N) is 1. The number of fused-ring (bicyclic) bond motifs is 2. The number of amides is 1. The van der Waals surface area contributed by atoms with E-state index in [2.05, 4.69) is 27.0 Å². The Labute approximate surface area is 179 Å². The first-order valence-electron chi connectivity index (χ1n) is 9.85. The van der Waals surface area contributed by atoms with Gasteiger partial charge in [0, 0.05) is 6.54 Å². The van der Waals surface area contributed by atoms with Crippen LogP contribution in [0.4, 0.5) is 5.82 Å². The van der Waals surface area contributed by atoms with Crippen LogP contribution in [0.3, 0.4) is 0 Å². The molecule has 8 heteroatoms. The SMILES string of the molecule is C=CCNC(=O)c1c(N)n(/N=C\c2ccc(OCC)cc2)c2nc3ccccc3nc12. The van der Waals surface area contributed by atoms with E-state index in [4.69, 9.17) is 10.5 Å². The number of nitrogen functional groups attached to an aromatic ring is 1. The molecule has 0 atom stereocenters. The molecule has 2 aromatic heterocycles. The fraction of sp³-hybridized carbons (Fsp3) is 0.130. The molecule has 2 aromatic carbocycles. The van der Waals surface area contributed by atoms with Gasteiger partial charge in [0.15, 0.2) is 5.65 Å². The zero-order valence-corrected chi connectivity index (χ0v) is 17.1. The van der Waals surface area contributed by atoms with Gasteiger partial charge in [0.1, 0.15) is 22.6 Å². The van der Waals surface area contributed by atoms with Crippen LogP contribution in [-0.2, 0) is 0 Å². The quantitative estimate of drug-likeness (QED) is 0.356. The van der Waals surface area contributed by atoms with Crippen molar-refractivity contribution in [3.8, 4) is 5.75 Å². The number of nitrogens with two attached hydrogens (primary N) is 1. The minimum atomic E-state index is -0.359. The molecule has 4 rings (SSSR count). The summed E-state index contributed by atoms with van der Waals surface area (Å²) in [7, 11) is 0. The van der Waals surface area contributed by atoms with Crippen molar-refractivity contribution in [3.05, 3.63) is 72.3 Å². The summed E-state index contributed by atoms with van der Waals surface area (Å²) in [4.78, 5) is 22.1. The lowest BCUT2D eigenvalue weighted by Crippen LogP contribution is -2.24. The summed E-state index contributed by atoms with van der Waals surface area (Å²) < 4.78 is 6.90. The van der Waals surface area contributed by atoms with Crippen molar-refractivity contribution in [1.29, 1.82) is 0 Å². The molecule has 31 heavy (non-hydrogen) atoms.